The summed E-state index contributed by atoms with van der Waals surface area (Å²) in [7, 11) is 0. The maximum Gasteiger partial charge on any atom is 0.268 e. The van der Waals surface area contributed by atoms with E-state index in [0.717, 1.165) is 5.13 Å². The fourth-order valence-corrected chi connectivity index (χ4v) is 2.53. The number of nitrogens with zero attached hydrogens (tertiary/aromatic N) is 2. The number of hydrogen-bond acceptors (Lipinski definition) is 5. The summed E-state index contributed by atoms with van der Waals surface area (Å²) in [6.45, 7) is 6.74. The molecule has 3 N–H and O–H groups in total. The Balaban J connectivity index is 2.12. The van der Waals surface area contributed by atoms with Crippen molar-refractivity contribution in [1.29, 1.82) is 0 Å². The van der Waals surface area contributed by atoms with Gasteiger partial charge in [0.05, 0.1) is 0 Å². The minimum absolute atomic E-state index is 0.0729. The van der Waals surface area contributed by atoms with Crippen LogP contribution in [0.4, 0.5) is 10.9 Å². The lowest BCUT2D eigenvalue weighted by molar-refractivity contribution is 0.0787. The Morgan fingerprint density at radius 2 is 2.44 bits per heavy atom. The minimum Gasteiger partial charge on any atom is -0.382 e. The van der Waals surface area contributed by atoms with Crippen molar-refractivity contribution in [3.8, 4) is 0 Å². The molecule has 0 atom stereocenters. The first-order valence-electron chi connectivity index (χ1n) is 6.08. The highest BCUT2D eigenvalue weighted by atomic mass is 32.1. The van der Waals surface area contributed by atoms with E-state index in [1.165, 1.54) is 24.2 Å². The standard InChI is InChI=1S/C12H18N4OS/c1-3-7-16(4-2)11(17)9-10(13)15-12(18-9)14-8-5-6-8/h3,8H,1,4-7,13H2,2H3,(H,14,15). The summed E-state index contributed by atoms with van der Waals surface area (Å²) in [5.41, 5.74) is 5.81. The smallest absolute Gasteiger partial charge is 0.268 e. The van der Waals surface area contributed by atoms with E-state index in [-0.39, 0.29) is 5.91 Å². The Kier molecular flexibility index (Phi) is 3.86. The van der Waals surface area contributed by atoms with Gasteiger partial charge >= 0.3 is 0 Å². The molecule has 0 bridgehead atoms. The second-order valence-electron chi connectivity index (χ2n) is 4.28. The molecule has 1 amide bonds. The Hall–Kier alpha value is -1.56. The molecule has 5 nitrogen and oxygen atoms in total. The van der Waals surface area contributed by atoms with Crippen molar-refractivity contribution in [2.45, 2.75) is 25.8 Å². The molecule has 18 heavy (non-hydrogen) atoms. The van der Waals surface area contributed by atoms with Gasteiger partial charge in [-0.3, -0.25) is 4.79 Å². The Bertz CT molecular complexity index is 453. The van der Waals surface area contributed by atoms with Crippen LogP contribution in [0.5, 0.6) is 0 Å². The van der Waals surface area contributed by atoms with E-state index in [1.54, 1.807) is 11.0 Å². The van der Waals surface area contributed by atoms with E-state index in [0.29, 0.717) is 29.8 Å². The van der Waals surface area contributed by atoms with E-state index in [1.807, 2.05) is 6.92 Å². The topological polar surface area (TPSA) is 71.2 Å². The van der Waals surface area contributed by atoms with E-state index in [2.05, 4.69) is 16.9 Å². The molecule has 1 aliphatic carbocycles. The van der Waals surface area contributed by atoms with Crippen LogP contribution < -0.4 is 11.1 Å². The fourth-order valence-electron chi connectivity index (χ4n) is 1.60. The van der Waals surface area contributed by atoms with Gasteiger partial charge < -0.3 is 16.0 Å². The van der Waals surface area contributed by atoms with Crippen molar-refractivity contribution in [2.75, 3.05) is 24.1 Å². The summed E-state index contributed by atoms with van der Waals surface area (Å²) in [6.07, 6.45) is 4.04. The van der Waals surface area contributed by atoms with Gasteiger partial charge in [0.1, 0.15) is 10.7 Å². The molecular formula is C12H18N4OS. The van der Waals surface area contributed by atoms with Crippen LogP contribution in [0.15, 0.2) is 12.7 Å². The van der Waals surface area contributed by atoms with Crippen LogP contribution in [0.25, 0.3) is 0 Å². The van der Waals surface area contributed by atoms with Gasteiger partial charge in [-0.25, -0.2) is 4.98 Å². The number of carbonyl (C=O) groups is 1. The third kappa shape index (κ3) is 2.81. The lowest BCUT2D eigenvalue weighted by Crippen LogP contribution is -2.30. The lowest BCUT2D eigenvalue weighted by Gasteiger charge is -2.17. The maximum atomic E-state index is 12.2. The number of carbonyl (C=O) groups excluding carboxylic acids is 1. The molecule has 1 saturated carbocycles. The van der Waals surface area contributed by atoms with Gasteiger partial charge in [0.25, 0.3) is 5.91 Å². The van der Waals surface area contributed by atoms with E-state index >= 15 is 0 Å². The van der Waals surface area contributed by atoms with Crippen LogP contribution in [0.3, 0.4) is 0 Å². The third-order valence-electron chi connectivity index (χ3n) is 2.77. The van der Waals surface area contributed by atoms with E-state index < -0.39 is 0 Å². The second-order valence-corrected chi connectivity index (χ2v) is 5.28. The molecule has 1 heterocycles. The van der Waals surface area contributed by atoms with Gasteiger partial charge in [-0.2, -0.15) is 0 Å². The minimum atomic E-state index is -0.0729. The number of anilines is 2. The normalized spacial score (nSPS) is 14.3. The molecule has 0 spiro atoms. The van der Waals surface area contributed by atoms with Crippen LogP contribution in [0.1, 0.15) is 29.4 Å². The zero-order valence-corrected chi connectivity index (χ0v) is 11.3. The van der Waals surface area contributed by atoms with Gasteiger partial charge in [-0.1, -0.05) is 17.4 Å². The Labute approximate surface area is 111 Å². The molecule has 2 rings (SSSR count). The zero-order chi connectivity index (χ0) is 13.1. The van der Waals surface area contributed by atoms with Crippen LogP contribution in [-0.2, 0) is 0 Å². The highest BCUT2D eigenvalue weighted by Crippen LogP contribution is 2.31. The average Bonchev–Trinajstić information content (AvgIpc) is 3.08. The molecule has 1 aromatic rings. The van der Waals surface area contributed by atoms with Crippen molar-refractivity contribution in [1.82, 2.24) is 9.88 Å². The van der Waals surface area contributed by atoms with Crippen molar-refractivity contribution in [3.63, 3.8) is 0 Å². The highest BCUT2D eigenvalue weighted by Gasteiger charge is 2.25. The number of likely N-dealkylation sites (N-methyl/N-ethyl adjacent to an activating group) is 1. The molecule has 1 fully saturated rings. The molecule has 1 aliphatic rings. The molecule has 0 unspecified atom stereocenters. The van der Waals surface area contributed by atoms with Crippen LogP contribution in [-0.4, -0.2) is 34.9 Å². The summed E-state index contributed by atoms with van der Waals surface area (Å²) in [6, 6.07) is 0.508. The Morgan fingerprint density at radius 1 is 1.72 bits per heavy atom. The van der Waals surface area contributed by atoms with Gasteiger partial charge in [0, 0.05) is 19.1 Å². The quantitative estimate of drug-likeness (QED) is 0.772. The number of thiazole rings is 1. The number of hydrogen-bond donors (Lipinski definition) is 2. The predicted octanol–water partition coefficient (Wildman–Crippen LogP) is 1.95. The molecule has 6 heteroatoms. The molecule has 0 aromatic carbocycles. The average molecular weight is 266 g/mol. The molecule has 0 aliphatic heterocycles. The first kappa shape index (κ1) is 12.9. The number of rotatable bonds is 6. The third-order valence-corrected chi connectivity index (χ3v) is 3.76. The first-order valence-corrected chi connectivity index (χ1v) is 6.90. The van der Waals surface area contributed by atoms with Crippen LogP contribution >= 0.6 is 11.3 Å². The second kappa shape index (κ2) is 5.39. The van der Waals surface area contributed by atoms with Crippen molar-refractivity contribution < 1.29 is 4.79 Å². The number of nitrogens with one attached hydrogen (secondary N) is 1. The molecular weight excluding hydrogens is 248 g/mol. The molecule has 98 valence electrons. The largest absolute Gasteiger partial charge is 0.382 e. The molecule has 0 radical (unpaired) electrons. The van der Waals surface area contributed by atoms with Gasteiger partial charge in [-0.05, 0) is 19.8 Å². The van der Waals surface area contributed by atoms with Crippen LogP contribution in [0, 0.1) is 0 Å². The maximum absolute atomic E-state index is 12.2. The fraction of sp³-hybridized carbons (Fsp3) is 0.500. The summed E-state index contributed by atoms with van der Waals surface area (Å²) >= 11 is 1.33. The summed E-state index contributed by atoms with van der Waals surface area (Å²) in [5.74, 6) is 0.243. The monoisotopic (exact) mass is 266 g/mol. The first-order chi connectivity index (χ1) is 8.65. The number of aromatic nitrogens is 1. The molecule has 1 aromatic heterocycles. The van der Waals surface area contributed by atoms with E-state index in [4.69, 9.17) is 5.73 Å². The number of nitrogen functional groups attached to an aromatic ring is 1. The van der Waals surface area contributed by atoms with Crippen molar-refractivity contribution in [2.24, 2.45) is 0 Å². The zero-order valence-electron chi connectivity index (χ0n) is 10.5. The SMILES string of the molecule is C=CCN(CC)C(=O)c1sc(NC2CC2)nc1N. The summed E-state index contributed by atoms with van der Waals surface area (Å²) < 4.78 is 0. The van der Waals surface area contributed by atoms with Crippen molar-refractivity contribution in [3.05, 3.63) is 17.5 Å². The highest BCUT2D eigenvalue weighted by molar-refractivity contribution is 7.18. The number of amides is 1. The van der Waals surface area contributed by atoms with Gasteiger partial charge in [0.2, 0.25) is 0 Å². The van der Waals surface area contributed by atoms with E-state index in [9.17, 15) is 4.79 Å². The predicted molar refractivity (Wildman–Crippen MR) is 74.9 cm³/mol. The number of nitrogens with two attached hydrogens (primary N) is 1. The lowest BCUT2D eigenvalue weighted by atomic mass is 10.4. The van der Waals surface area contributed by atoms with Crippen LogP contribution in [0.2, 0.25) is 0 Å². The van der Waals surface area contributed by atoms with Gasteiger partial charge in [0.15, 0.2) is 5.13 Å². The summed E-state index contributed by atoms with van der Waals surface area (Å²) in [5, 5.41) is 4.00. The Morgan fingerprint density at radius 3 is 3.00 bits per heavy atom. The van der Waals surface area contributed by atoms with Crippen molar-refractivity contribution >= 4 is 28.2 Å². The summed E-state index contributed by atoms with van der Waals surface area (Å²) in [4.78, 5) is 18.7. The van der Waals surface area contributed by atoms with Gasteiger partial charge in [-0.15, -0.1) is 6.58 Å². The molecule has 0 saturated heterocycles.